The number of halogens is 1. The van der Waals surface area contributed by atoms with Crippen molar-refractivity contribution in [2.45, 2.75) is 31.4 Å². The van der Waals surface area contributed by atoms with Crippen molar-refractivity contribution in [2.24, 2.45) is 0 Å². The zero-order chi connectivity index (χ0) is 10.7. The van der Waals surface area contributed by atoms with Gasteiger partial charge in [-0.15, -0.1) is 0 Å². The van der Waals surface area contributed by atoms with Crippen LogP contribution in [0.1, 0.15) is 30.9 Å². The second kappa shape index (κ2) is 5.43. The minimum absolute atomic E-state index is 0.325. The van der Waals surface area contributed by atoms with Crippen molar-refractivity contribution in [3.63, 3.8) is 0 Å². The molecule has 2 rings (SSSR count). The standard InChI is InChI=1S/C11H16BrNOS/c1-13-11(8-6-15-7-9(8)12)10-4-2-3-5-14-10/h6-7,10-11,13H,2-5H2,1H3. The van der Waals surface area contributed by atoms with Crippen LogP contribution in [0.3, 0.4) is 0 Å². The van der Waals surface area contributed by atoms with Gasteiger partial charge in [0.05, 0.1) is 12.1 Å². The van der Waals surface area contributed by atoms with Gasteiger partial charge >= 0.3 is 0 Å². The molecular formula is C11H16BrNOS. The molecule has 2 unspecified atom stereocenters. The van der Waals surface area contributed by atoms with Crippen molar-refractivity contribution in [3.05, 3.63) is 20.8 Å². The Labute approximate surface area is 103 Å². The number of rotatable bonds is 3. The summed E-state index contributed by atoms with van der Waals surface area (Å²) in [6.07, 6.45) is 3.98. The maximum absolute atomic E-state index is 5.83. The van der Waals surface area contributed by atoms with Crippen LogP contribution in [0.4, 0.5) is 0 Å². The van der Waals surface area contributed by atoms with Crippen molar-refractivity contribution < 1.29 is 4.74 Å². The van der Waals surface area contributed by atoms with Gasteiger partial charge in [0.2, 0.25) is 0 Å². The number of thiophene rings is 1. The molecule has 0 radical (unpaired) electrons. The van der Waals surface area contributed by atoms with E-state index < -0.39 is 0 Å². The van der Waals surface area contributed by atoms with Gasteiger partial charge in [-0.1, -0.05) is 0 Å². The van der Waals surface area contributed by atoms with Gasteiger partial charge < -0.3 is 10.1 Å². The van der Waals surface area contributed by atoms with Crippen LogP contribution < -0.4 is 5.32 Å². The maximum atomic E-state index is 5.83. The smallest absolute Gasteiger partial charge is 0.0770 e. The van der Waals surface area contributed by atoms with Crippen LogP contribution in [-0.2, 0) is 4.74 Å². The molecular weight excluding hydrogens is 274 g/mol. The summed E-state index contributed by atoms with van der Waals surface area (Å²) in [6.45, 7) is 0.907. The molecule has 0 aliphatic carbocycles. The largest absolute Gasteiger partial charge is 0.376 e. The van der Waals surface area contributed by atoms with Crippen LogP contribution in [0, 0.1) is 0 Å². The van der Waals surface area contributed by atoms with Crippen molar-refractivity contribution in [1.29, 1.82) is 0 Å². The molecule has 1 aromatic rings. The van der Waals surface area contributed by atoms with Gasteiger partial charge in [0, 0.05) is 16.5 Å². The van der Waals surface area contributed by atoms with Gasteiger partial charge in [-0.2, -0.15) is 11.3 Å². The Balaban J connectivity index is 2.12. The third-order valence-electron chi connectivity index (χ3n) is 2.88. The SMILES string of the molecule is CNC(c1cscc1Br)C1CCCCO1. The zero-order valence-corrected chi connectivity index (χ0v) is 11.2. The third-order valence-corrected chi connectivity index (χ3v) is 4.63. The quantitative estimate of drug-likeness (QED) is 0.922. The normalized spacial score (nSPS) is 24.0. The predicted octanol–water partition coefficient (Wildman–Crippen LogP) is 3.34. The average Bonchev–Trinajstić information content (AvgIpc) is 2.68. The number of hydrogen-bond donors (Lipinski definition) is 1. The lowest BCUT2D eigenvalue weighted by molar-refractivity contribution is -0.00667. The summed E-state index contributed by atoms with van der Waals surface area (Å²) >= 11 is 5.32. The molecule has 0 saturated carbocycles. The molecule has 0 spiro atoms. The highest BCUT2D eigenvalue weighted by Crippen LogP contribution is 2.33. The Kier molecular flexibility index (Phi) is 4.20. The summed E-state index contributed by atoms with van der Waals surface area (Å²) in [7, 11) is 2.01. The van der Waals surface area contributed by atoms with Crippen LogP contribution in [0.2, 0.25) is 0 Å². The van der Waals surface area contributed by atoms with Crippen molar-refractivity contribution in [3.8, 4) is 0 Å². The topological polar surface area (TPSA) is 21.3 Å². The first kappa shape index (κ1) is 11.6. The highest BCUT2D eigenvalue weighted by Gasteiger charge is 2.26. The van der Waals surface area contributed by atoms with Crippen LogP contribution in [0.15, 0.2) is 15.2 Å². The summed E-state index contributed by atoms with van der Waals surface area (Å²) in [4.78, 5) is 0. The van der Waals surface area contributed by atoms with Gasteiger partial charge in [-0.25, -0.2) is 0 Å². The van der Waals surface area contributed by atoms with E-state index in [-0.39, 0.29) is 0 Å². The monoisotopic (exact) mass is 289 g/mol. The van der Waals surface area contributed by atoms with Crippen molar-refractivity contribution in [1.82, 2.24) is 5.32 Å². The minimum Gasteiger partial charge on any atom is -0.376 e. The second-order valence-corrected chi connectivity index (χ2v) is 5.44. The van der Waals surface area contributed by atoms with E-state index in [1.807, 2.05) is 7.05 Å². The highest BCUT2D eigenvalue weighted by molar-refractivity contribution is 9.10. The fourth-order valence-electron chi connectivity index (χ4n) is 2.08. The number of hydrogen-bond acceptors (Lipinski definition) is 3. The van der Waals surface area contributed by atoms with Gasteiger partial charge in [-0.3, -0.25) is 0 Å². The van der Waals surface area contributed by atoms with E-state index in [1.165, 1.54) is 22.9 Å². The van der Waals surface area contributed by atoms with E-state index in [2.05, 4.69) is 32.0 Å². The van der Waals surface area contributed by atoms with E-state index in [1.54, 1.807) is 11.3 Å². The summed E-state index contributed by atoms with van der Waals surface area (Å²) in [5.41, 5.74) is 1.33. The molecule has 1 N–H and O–H groups in total. The summed E-state index contributed by atoms with van der Waals surface area (Å²) in [6, 6.07) is 0.325. The molecule has 4 heteroatoms. The van der Waals surface area contributed by atoms with E-state index >= 15 is 0 Å². The molecule has 1 saturated heterocycles. The van der Waals surface area contributed by atoms with Crippen molar-refractivity contribution in [2.75, 3.05) is 13.7 Å². The molecule has 1 aliphatic heterocycles. The van der Waals surface area contributed by atoms with E-state index in [0.717, 1.165) is 13.0 Å². The zero-order valence-electron chi connectivity index (χ0n) is 8.83. The lowest BCUT2D eigenvalue weighted by Crippen LogP contribution is -2.34. The number of ether oxygens (including phenoxy) is 1. The van der Waals surface area contributed by atoms with E-state index in [9.17, 15) is 0 Å². The van der Waals surface area contributed by atoms with Gasteiger partial charge in [-0.05, 0) is 53.2 Å². The molecule has 84 valence electrons. The average molecular weight is 290 g/mol. The Bertz CT molecular complexity index is 309. The van der Waals surface area contributed by atoms with Gasteiger partial charge in [0.1, 0.15) is 0 Å². The first-order chi connectivity index (χ1) is 7.33. The molecule has 0 aromatic carbocycles. The lowest BCUT2D eigenvalue weighted by atomic mass is 9.98. The van der Waals surface area contributed by atoms with E-state index in [0.29, 0.717) is 12.1 Å². The molecule has 2 heterocycles. The van der Waals surface area contributed by atoms with Crippen molar-refractivity contribution >= 4 is 27.3 Å². The first-order valence-electron chi connectivity index (χ1n) is 5.33. The minimum atomic E-state index is 0.325. The Hall–Kier alpha value is 0.1000. The molecule has 2 atom stereocenters. The molecule has 2 nitrogen and oxygen atoms in total. The molecule has 0 bridgehead atoms. The van der Waals surface area contributed by atoms with Crippen LogP contribution in [0.25, 0.3) is 0 Å². The van der Waals surface area contributed by atoms with E-state index in [4.69, 9.17) is 4.74 Å². The van der Waals surface area contributed by atoms with Crippen LogP contribution >= 0.6 is 27.3 Å². The second-order valence-electron chi connectivity index (χ2n) is 3.85. The Morgan fingerprint density at radius 3 is 2.93 bits per heavy atom. The molecule has 0 amide bonds. The summed E-state index contributed by atoms with van der Waals surface area (Å²) in [5.74, 6) is 0. The highest BCUT2D eigenvalue weighted by atomic mass is 79.9. The lowest BCUT2D eigenvalue weighted by Gasteiger charge is -2.30. The molecule has 1 fully saturated rings. The maximum Gasteiger partial charge on any atom is 0.0770 e. The van der Waals surface area contributed by atoms with Gasteiger partial charge in [0.25, 0.3) is 0 Å². The molecule has 15 heavy (non-hydrogen) atoms. The fourth-order valence-corrected chi connectivity index (χ4v) is 3.66. The number of likely N-dealkylation sites (N-methyl/N-ethyl adjacent to an activating group) is 1. The number of nitrogens with one attached hydrogen (secondary N) is 1. The predicted molar refractivity (Wildman–Crippen MR) is 67.4 cm³/mol. The first-order valence-corrected chi connectivity index (χ1v) is 7.07. The fraction of sp³-hybridized carbons (Fsp3) is 0.636. The summed E-state index contributed by atoms with van der Waals surface area (Å²) < 4.78 is 7.03. The van der Waals surface area contributed by atoms with Gasteiger partial charge in [0.15, 0.2) is 0 Å². The van der Waals surface area contributed by atoms with Crippen LogP contribution in [-0.4, -0.2) is 19.8 Å². The third kappa shape index (κ3) is 2.61. The Morgan fingerprint density at radius 1 is 1.53 bits per heavy atom. The molecule has 1 aromatic heterocycles. The Morgan fingerprint density at radius 2 is 2.40 bits per heavy atom. The summed E-state index contributed by atoms with van der Waals surface area (Å²) in [5, 5.41) is 7.69. The molecule has 1 aliphatic rings. The van der Waals surface area contributed by atoms with Crippen LogP contribution in [0.5, 0.6) is 0 Å².